The summed E-state index contributed by atoms with van der Waals surface area (Å²) in [6.07, 6.45) is 0. The molecule has 1 N–H and O–H groups in total. The molecule has 0 heterocycles. The fraction of sp³-hybridized carbons (Fsp3) is 0.188. The highest BCUT2D eigenvalue weighted by atomic mass is 35.5. The number of nitrogens with one attached hydrogen (secondary N) is 1. The molecule has 2 aromatic rings. The summed E-state index contributed by atoms with van der Waals surface area (Å²) in [6, 6.07) is 14.2. The molecule has 0 atom stereocenters. The number of ether oxygens (including phenoxy) is 2. The van der Waals surface area contributed by atoms with E-state index in [0.29, 0.717) is 35.2 Å². The van der Waals surface area contributed by atoms with Gasteiger partial charge in [-0.1, -0.05) is 29.8 Å². The highest BCUT2D eigenvalue weighted by Gasteiger charge is 2.06. The number of halogens is 1. The van der Waals surface area contributed by atoms with E-state index in [-0.39, 0.29) is 5.91 Å². The maximum Gasteiger partial charge on any atom is 0.251 e. The Bertz CT molecular complexity index is 616. The van der Waals surface area contributed by atoms with Gasteiger partial charge in [-0.2, -0.15) is 0 Å². The van der Waals surface area contributed by atoms with E-state index in [1.165, 1.54) is 0 Å². The molecular weight excluding hydrogens is 290 g/mol. The van der Waals surface area contributed by atoms with Gasteiger partial charge in [0, 0.05) is 10.6 Å². The van der Waals surface area contributed by atoms with E-state index >= 15 is 0 Å². The zero-order valence-electron chi connectivity index (χ0n) is 11.6. The third kappa shape index (κ3) is 4.39. The van der Waals surface area contributed by atoms with Gasteiger partial charge in [0.05, 0.1) is 13.7 Å². The molecule has 0 fully saturated rings. The van der Waals surface area contributed by atoms with Crippen LogP contribution in [0.5, 0.6) is 11.5 Å². The standard InChI is InChI=1S/C16H16ClNO3/c1-20-14-7-2-3-8-15(14)21-10-9-18-16(19)12-5-4-6-13(17)11-12/h2-8,11H,9-10H2,1H3,(H,18,19). The summed E-state index contributed by atoms with van der Waals surface area (Å²) in [5, 5.41) is 3.31. The average molecular weight is 306 g/mol. The first-order chi connectivity index (χ1) is 10.2. The largest absolute Gasteiger partial charge is 0.493 e. The van der Waals surface area contributed by atoms with Crippen molar-refractivity contribution in [3.8, 4) is 11.5 Å². The first-order valence-corrected chi connectivity index (χ1v) is 6.88. The zero-order valence-corrected chi connectivity index (χ0v) is 12.4. The zero-order chi connectivity index (χ0) is 15.1. The van der Waals surface area contributed by atoms with Gasteiger partial charge in [0.1, 0.15) is 6.61 Å². The Balaban J connectivity index is 1.81. The first kappa shape index (κ1) is 15.2. The predicted molar refractivity (Wildman–Crippen MR) is 82.3 cm³/mol. The lowest BCUT2D eigenvalue weighted by molar-refractivity contribution is 0.0947. The molecule has 2 aromatic carbocycles. The van der Waals surface area contributed by atoms with E-state index in [1.807, 2.05) is 24.3 Å². The third-order valence-electron chi connectivity index (χ3n) is 2.80. The molecule has 0 radical (unpaired) electrons. The van der Waals surface area contributed by atoms with Gasteiger partial charge in [0.15, 0.2) is 11.5 Å². The summed E-state index contributed by atoms with van der Waals surface area (Å²) >= 11 is 5.85. The molecule has 0 bridgehead atoms. The van der Waals surface area contributed by atoms with Gasteiger partial charge in [0.2, 0.25) is 0 Å². The second-order valence-electron chi connectivity index (χ2n) is 4.27. The van der Waals surface area contributed by atoms with E-state index in [9.17, 15) is 4.79 Å². The lowest BCUT2D eigenvalue weighted by Gasteiger charge is -2.11. The first-order valence-electron chi connectivity index (χ1n) is 6.50. The van der Waals surface area contributed by atoms with Crippen LogP contribution in [-0.4, -0.2) is 26.2 Å². The molecule has 1 amide bonds. The summed E-state index contributed by atoms with van der Waals surface area (Å²) in [4.78, 5) is 11.9. The maximum atomic E-state index is 11.9. The smallest absolute Gasteiger partial charge is 0.251 e. The molecule has 21 heavy (non-hydrogen) atoms. The van der Waals surface area contributed by atoms with Gasteiger partial charge >= 0.3 is 0 Å². The van der Waals surface area contributed by atoms with Crippen LogP contribution in [0.1, 0.15) is 10.4 Å². The molecule has 5 heteroatoms. The van der Waals surface area contributed by atoms with Crippen LogP contribution < -0.4 is 14.8 Å². The Hall–Kier alpha value is -2.20. The normalized spacial score (nSPS) is 10.0. The Morgan fingerprint density at radius 3 is 2.62 bits per heavy atom. The fourth-order valence-corrected chi connectivity index (χ4v) is 1.99. The third-order valence-corrected chi connectivity index (χ3v) is 3.04. The van der Waals surface area contributed by atoms with Gasteiger partial charge in [-0.3, -0.25) is 4.79 Å². The molecule has 2 rings (SSSR count). The Morgan fingerprint density at radius 2 is 1.90 bits per heavy atom. The van der Waals surface area contributed by atoms with Crippen molar-refractivity contribution in [1.82, 2.24) is 5.32 Å². The van der Waals surface area contributed by atoms with Crippen LogP contribution in [0.25, 0.3) is 0 Å². The maximum absolute atomic E-state index is 11.9. The number of carbonyl (C=O) groups is 1. The molecule has 0 spiro atoms. The van der Waals surface area contributed by atoms with Crippen LogP contribution in [0.4, 0.5) is 0 Å². The number of methoxy groups -OCH3 is 1. The minimum Gasteiger partial charge on any atom is -0.493 e. The number of benzene rings is 2. The Kier molecular flexibility index (Phi) is 5.46. The van der Waals surface area contributed by atoms with Gasteiger partial charge in [-0.25, -0.2) is 0 Å². The molecule has 4 nitrogen and oxygen atoms in total. The average Bonchev–Trinajstić information content (AvgIpc) is 2.51. The highest BCUT2D eigenvalue weighted by Crippen LogP contribution is 2.25. The molecule has 0 aliphatic rings. The van der Waals surface area contributed by atoms with Gasteiger partial charge < -0.3 is 14.8 Å². The van der Waals surface area contributed by atoms with Crippen molar-refractivity contribution in [2.24, 2.45) is 0 Å². The summed E-state index contributed by atoms with van der Waals surface area (Å²) in [5.74, 6) is 1.14. The van der Waals surface area contributed by atoms with Crippen molar-refractivity contribution in [3.05, 3.63) is 59.1 Å². The predicted octanol–water partition coefficient (Wildman–Crippen LogP) is 3.16. The van der Waals surface area contributed by atoms with E-state index < -0.39 is 0 Å². The van der Waals surface area contributed by atoms with Crippen LogP contribution >= 0.6 is 11.6 Å². The van der Waals surface area contributed by atoms with Crippen molar-refractivity contribution in [2.75, 3.05) is 20.3 Å². The molecule has 0 saturated heterocycles. The van der Waals surface area contributed by atoms with Crippen LogP contribution in [0.3, 0.4) is 0 Å². The number of amides is 1. The molecular formula is C16H16ClNO3. The second kappa shape index (κ2) is 7.55. The van der Waals surface area contributed by atoms with Gasteiger partial charge in [-0.15, -0.1) is 0 Å². The van der Waals surface area contributed by atoms with Crippen LogP contribution in [0.15, 0.2) is 48.5 Å². The number of rotatable bonds is 6. The molecule has 0 saturated carbocycles. The van der Waals surface area contributed by atoms with Crippen LogP contribution in [-0.2, 0) is 0 Å². The number of hydrogen-bond acceptors (Lipinski definition) is 3. The van der Waals surface area contributed by atoms with Gasteiger partial charge in [-0.05, 0) is 30.3 Å². The summed E-state index contributed by atoms with van der Waals surface area (Å²) < 4.78 is 10.8. The van der Waals surface area contributed by atoms with E-state index in [1.54, 1.807) is 31.4 Å². The lowest BCUT2D eigenvalue weighted by Crippen LogP contribution is -2.28. The Labute approximate surface area is 128 Å². The Morgan fingerprint density at radius 1 is 1.14 bits per heavy atom. The van der Waals surface area contributed by atoms with E-state index in [4.69, 9.17) is 21.1 Å². The monoisotopic (exact) mass is 305 g/mol. The summed E-state index contributed by atoms with van der Waals surface area (Å²) in [6.45, 7) is 0.746. The van der Waals surface area contributed by atoms with E-state index in [2.05, 4.69) is 5.32 Å². The SMILES string of the molecule is COc1ccccc1OCCNC(=O)c1cccc(Cl)c1. The summed E-state index contributed by atoms with van der Waals surface area (Å²) in [5.41, 5.74) is 0.528. The topological polar surface area (TPSA) is 47.6 Å². The molecule has 110 valence electrons. The summed E-state index contributed by atoms with van der Waals surface area (Å²) in [7, 11) is 1.59. The van der Waals surface area contributed by atoms with Crippen molar-refractivity contribution in [3.63, 3.8) is 0 Å². The molecule has 0 aliphatic carbocycles. The number of hydrogen-bond donors (Lipinski definition) is 1. The van der Waals surface area contributed by atoms with Crippen molar-refractivity contribution < 1.29 is 14.3 Å². The molecule has 0 unspecified atom stereocenters. The molecule has 0 aliphatic heterocycles. The number of carbonyl (C=O) groups excluding carboxylic acids is 1. The van der Waals surface area contributed by atoms with Gasteiger partial charge in [0.25, 0.3) is 5.91 Å². The minimum atomic E-state index is -0.180. The number of para-hydroxylation sites is 2. The molecule has 0 aromatic heterocycles. The quantitative estimate of drug-likeness (QED) is 0.834. The highest BCUT2D eigenvalue weighted by molar-refractivity contribution is 6.30. The van der Waals surface area contributed by atoms with E-state index in [0.717, 1.165) is 0 Å². The van der Waals surface area contributed by atoms with Crippen LogP contribution in [0.2, 0.25) is 5.02 Å². The second-order valence-corrected chi connectivity index (χ2v) is 4.70. The fourth-order valence-electron chi connectivity index (χ4n) is 1.80. The van der Waals surface area contributed by atoms with Crippen molar-refractivity contribution >= 4 is 17.5 Å². The van der Waals surface area contributed by atoms with Crippen LogP contribution in [0, 0.1) is 0 Å². The lowest BCUT2D eigenvalue weighted by atomic mass is 10.2. The van der Waals surface area contributed by atoms with Crippen molar-refractivity contribution in [1.29, 1.82) is 0 Å². The minimum absolute atomic E-state index is 0.180. The van der Waals surface area contributed by atoms with Crippen molar-refractivity contribution in [2.45, 2.75) is 0 Å².